The molecule has 0 aliphatic heterocycles. The van der Waals surface area contributed by atoms with Gasteiger partial charge in [0, 0.05) is 5.25 Å². The van der Waals surface area contributed by atoms with Gasteiger partial charge in [-0.25, -0.2) is 0 Å². The molecule has 0 N–H and O–H groups in total. The van der Waals surface area contributed by atoms with E-state index in [-0.39, 0.29) is 0 Å². The van der Waals surface area contributed by atoms with Crippen LogP contribution in [0.15, 0.2) is 0 Å². The zero-order valence-electron chi connectivity index (χ0n) is 5.43. The Hall–Kier alpha value is 0.150. The molecule has 0 spiro atoms. The Labute approximate surface area is 46.5 Å². The Morgan fingerprint density at radius 1 is 1.29 bits per heavy atom. The van der Waals surface area contributed by atoms with E-state index in [1.807, 2.05) is 26.4 Å². The maximum Gasteiger partial charge on any atom is 0.00650 e. The SMILES string of the molecule is CC(C)[SH](C)(C)=O. The summed E-state index contributed by atoms with van der Waals surface area (Å²) < 4.78 is 10.9. The van der Waals surface area contributed by atoms with E-state index in [4.69, 9.17) is 0 Å². The molecule has 0 saturated heterocycles. The molecule has 0 radical (unpaired) electrons. The Kier molecular flexibility index (Phi) is 1.99. The Balaban J connectivity index is 3.80. The first-order valence-electron chi connectivity index (χ1n) is 2.49. The lowest BCUT2D eigenvalue weighted by Crippen LogP contribution is -2.18. The average molecular weight is 122 g/mol. The Morgan fingerprint density at radius 2 is 1.43 bits per heavy atom. The van der Waals surface area contributed by atoms with Crippen molar-refractivity contribution in [2.45, 2.75) is 19.1 Å². The molecule has 0 aliphatic carbocycles. The predicted molar refractivity (Wildman–Crippen MR) is 36.5 cm³/mol. The summed E-state index contributed by atoms with van der Waals surface area (Å²) in [6.45, 7) is 3.97. The van der Waals surface area contributed by atoms with Gasteiger partial charge in [-0.1, -0.05) is 13.8 Å². The van der Waals surface area contributed by atoms with Gasteiger partial charge < -0.3 is 0 Å². The van der Waals surface area contributed by atoms with Crippen molar-refractivity contribution in [2.24, 2.45) is 0 Å². The molecule has 0 aromatic heterocycles. The molecule has 0 rings (SSSR count). The van der Waals surface area contributed by atoms with Crippen molar-refractivity contribution in [3.63, 3.8) is 0 Å². The summed E-state index contributed by atoms with van der Waals surface area (Å²) in [7, 11) is -1.74. The van der Waals surface area contributed by atoms with Crippen LogP contribution in [0.5, 0.6) is 0 Å². The summed E-state index contributed by atoms with van der Waals surface area (Å²) in [6, 6.07) is 0. The summed E-state index contributed by atoms with van der Waals surface area (Å²) in [5.41, 5.74) is 0. The molecule has 0 aromatic rings. The van der Waals surface area contributed by atoms with Crippen molar-refractivity contribution in [3.05, 3.63) is 0 Å². The predicted octanol–water partition coefficient (Wildman–Crippen LogP) is 0.671. The quantitative estimate of drug-likeness (QED) is 0.506. The fraction of sp³-hybridized carbons (Fsp3) is 1.00. The summed E-state index contributed by atoms with van der Waals surface area (Å²) in [5, 5.41) is 0.354. The van der Waals surface area contributed by atoms with Crippen LogP contribution in [0.2, 0.25) is 0 Å². The molecule has 46 valence electrons. The summed E-state index contributed by atoms with van der Waals surface area (Å²) >= 11 is 0. The van der Waals surface area contributed by atoms with E-state index in [9.17, 15) is 4.21 Å². The molecule has 0 aromatic carbocycles. The second kappa shape index (κ2) is 1.95. The maximum atomic E-state index is 10.9. The van der Waals surface area contributed by atoms with Gasteiger partial charge in [0.2, 0.25) is 0 Å². The highest BCUT2D eigenvalue weighted by Gasteiger charge is 2.03. The third-order valence-electron chi connectivity index (χ3n) is 1.24. The molecule has 0 unspecified atom stereocenters. The zero-order valence-corrected chi connectivity index (χ0v) is 6.33. The standard InChI is InChI=1S/C5H14OS/c1-5(2)7(3,4)6/h5,7H,1-4H3. The molecule has 0 bridgehead atoms. The molecular formula is C5H14OS. The minimum atomic E-state index is -1.74. The van der Waals surface area contributed by atoms with Crippen molar-refractivity contribution >= 4 is 9.93 Å². The molecule has 0 aliphatic rings. The Morgan fingerprint density at radius 3 is 1.43 bits per heavy atom. The number of thiol groups is 1. The minimum absolute atomic E-state index is 0.354. The van der Waals surface area contributed by atoms with Gasteiger partial charge in [0.1, 0.15) is 0 Å². The third-order valence-corrected chi connectivity index (χ3v) is 3.73. The fourth-order valence-corrected chi connectivity index (χ4v) is 0. The molecule has 1 nitrogen and oxygen atoms in total. The smallest absolute Gasteiger partial charge is 0.00650 e. The van der Waals surface area contributed by atoms with Gasteiger partial charge in [-0.3, -0.25) is 4.21 Å². The molecule has 0 amide bonds. The average Bonchev–Trinajstić information content (AvgIpc) is 1.31. The van der Waals surface area contributed by atoms with Crippen LogP contribution >= 0.6 is 0 Å². The highest BCUT2D eigenvalue weighted by Crippen LogP contribution is 2.01. The lowest BCUT2D eigenvalue weighted by Gasteiger charge is -2.15. The van der Waals surface area contributed by atoms with Crippen LogP contribution in [-0.2, 0) is 9.93 Å². The first-order valence-corrected chi connectivity index (χ1v) is 5.16. The normalized spacial score (nSPS) is 15.0. The largest absolute Gasteiger partial charge is 0.285 e. The Bertz CT molecular complexity index is 90.3. The minimum Gasteiger partial charge on any atom is -0.285 e. The third kappa shape index (κ3) is 2.80. The van der Waals surface area contributed by atoms with Crippen LogP contribution < -0.4 is 0 Å². The van der Waals surface area contributed by atoms with Crippen LogP contribution in [0.25, 0.3) is 0 Å². The van der Waals surface area contributed by atoms with Gasteiger partial charge >= 0.3 is 0 Å². The molecule has 0 fully saturated rings. The van der Waals surface area contributed by atoms with E-state index >= 15 is 0 Å². The second-order valence-electron chi connectivity index (χ2n) is 2.53. The summed E-state index contributed by atoms with van der Waals surface area (Å²) in [6.07, 6.45) is 3.63. The molecule has 7 heavy (non-hydrogen) atoms. The molecule has 0 atom stereocenters. The number of hydrogen-bond donors (Lipinski definition) is 1. The van der Waals surface area contributed by atoms with Crippen molar-refractivity contribution < 1.29 is 4.21 Å². The highest BCUT2D eigenvalue weighted by molar-refractivity contribution is 8.02. The van der Waals surface area contributed by atoms with Crippen LogP contribution in [0, 0.1) is 0 Å². The summed E-state index contributed by atoms with van der Waals surface area (Å²) in [4.78, 5) is 0. The van der Waals surface area contributed by atoms with Gasteiger partial charge in [0.05, 0.1) is 0 Å². The van der Waals surface area contributed by atoms with Gasteiger partial charge in [-0.15, -0.1) is 9.93 Å². The van der Waals surface area contributed by atoms with Gasteiger partial charge in [0.15, 0.2) is 0 Å². The monoisotopic (exact) mass is 122 g/mol. The van der Waals surface area contributed by atoms with Gasteiger partial charge in [-0.2, -0.15) is 0 Å². The zero-order chi connectivity index (χ0) is 6.08. The first kappa shape index (κ1) is 7.15. The summed E-state index contributed by atoms with van der Waals surface area (Å²) in [5.74, 6) is 0. The number of rotatable bonds is 1. The second-order valence-corrected chi connectivity index (χ2v) is 6.43. The first-order chi connectivity index (χ1) is 2.94. The van der Waals surface area contributed by atoms with Crippen LogP contribution in [0.4, 0.5) is 0 Å². The van der Waals surface area contributed by atoms with E-state index in [2.05, 4.69) is 0 Å². The van der Waals surface area contributed by atoms with Crippen LogP contribution in [0.3, 0.4) is 0 Å². The van der Waals surface area contributed by atoms with Crippen LogP contribution in [-0.4, -0.2) is 22.0 Å². The van der Waals surface area contributed by atoms with E-state index in [0.29, 0.717) is 5.25 Å². The van der Waals surface area contributed by atoms with Crippen molar-refractivity contribution in [3.8, 4) is 0 Å². The molecular weight excluding hydrogens is 108 g/mol. The van der Waals surface area contributed by atoms with Crippen molar-refractivity contribution in [1.29, 1.82) is 0 Å². The molecule has 0 heterocycles. The molecule has 2 heteroatoms. The fourth-order valence-electron chi connectivity index (χ4n) is 0. The lowest BCUT2D eigenvalue weighted by molar-refractivity contribution is 0.671. The maximum absolute atomic E-state index is 10.9. The van der Waals surface area contributed by atoms with Crippen molar-refractivity contribution in [1.82, 2.24) is 0 Å². The van der Waals surface area contributed by atoms with E-state index in [1.165, 1.54) is 0 Å². The number of hydrogen-bond acceptors (Lipinski definition) is 1. The molecule has 0 saturated carbocycles. The van der Waals surface area contributed by atoms with Gasteiger partial charge in [0.25, 0.3) is 0 Å². The van der Waals surface area contributed by atoms with E-state index in [0.717, 1.165) is 0 Å². The topological polar surface area (TPSA) is 17.1 Å². The van der Waals surface area contributed by atoms with E-state index < -0.39 is 9.93 Å². The van der Waals surface area contributed by atoms with Crippen molar-refractivity contribution in [2.75, 3.05) is 12.5 Å². The van der Waals surface area contributed by atoms with Gasteiger partial charge in [-0.05, 0) is 12.5 Å². The lowest BCUT2D eigenvalue weighted by atomic mass is 10.6. The van der Waals surface area contributed by atoms with Crippen LogP contribution in [0.1, 0.15) is 13.8 Å². The highest BCUT2D eigenvalue weighted by atomic mass is 32.2. The van der Waals surface area contributed by atoms with E-state index in [1.54, 1.807) is 0 Å².